The molecule has 0 aliphatic carbocycles. The molecule has 1 unspecified atom stereocenters. The van der Waals surface area contributed by atoms with E-state index < -0.39 is 29.4 Å². The van der Waals surface area contributed by atoms with Crippen LogP contribution in [-0.2, 0) is 9.59 Å². The Kier molecular flexibility index (Phi) is 5.10. The first-order valence-corrected chi connectivity index (χ1v) is 9.53. The van der Waals surface area contributed by atoms with Crippen molar-refractivity contribution in [2.45, 2.75) is 19.9 Å². The maximum atomic E-state index is 14.6. The van der Waals surface area contributed by atoms with Gasteiger partial charge in [-0.2, -0.15) is 0 Å². The minimum Gasteiger partial charge on any atom is -0.507 e. The van der Waals surface area contributed by atoms with Gasteiger partial charge < -0.3 is 5.11 Å². The molecule has 2 aromatic carbocycles. The molecule has 4 rings (SSSR count). The second-order valence-corrected chi connectivity index (χ2v) is 7.34. The summed E-state index contributed by atoms with van der Waals surface area (Å²) in [6.07, 6.45) is 2.93. The zero-order valence-electron chi connectivity index (χ0n) is 16.8. The molecule has 0 saturated carbocycles. The molecule has 1 aromatic heterocycles. The van der Waals surface area contributed by atoms with Crippen LogP contribution >= 0.6 is 0 Å². The number of hydrogen-bond acceptors (Lipinski definition) is 4. The average molecular weight is 420 g/mol. The van der Waals surface area contributed by atoms with Crippen molar-refractivity contribution in [2.24, 2.45) is 0 Å². The second-order valence-electron chi connectivity index (χ2n) is 7.34. The SMILES string of the molecule is Cc1ccc(/C(O)=C2\C(=O)C(=O)N(c3ccc(F)cc3F)C2c2ccncc2)cc1C. The topological polar surface area (TPSA) is 70.5 Å². The van der Waals surface area contributed by atoms with Crippen LogP contribution in [-0.4, -0.2) is 21.8 Å². The summed E-state index contributed by atoms with van der Waals surface area (Å²) in [6.45, 7) is 3.77. The van der Waals surface area contributed by atoms with Gasteiger partial charge in [0, 0.05) is 24.0 Å². The van der Waals surface area contributed by atoms with Gasteiger partial charge in [0.15, 0.2) is 0 Å². The van der Waals surface area contributed by atoms with Crippen molar-refractivity contribution in [2.75, 3.05) is 4.90 Å². The fourth-order valence-corrected chi connectivity index (χ4v) is 3.66. The molecule has 0 spiro atoms. The third kappa shape index (κ3) is 3.48. The van der Waals surface area contributed by atoms with Crippen LogP contribution in [0.3, 0.4) is 0 Å². The first-order valence-electron chi connectivity index (χ1n) is 9.53. The molecule has 31 heavy (non-hydrogen) atoms. The fourth-order valence-electron chi connectivity index (χ4n) is 3.66. The monoisotopic (exact) mass is 420 g/mol. The van der Waals surface area contributed by atoms with Crippen molar-refractivity contribution in [3.05, 3.63) is 100 Å². The predicted molar refractivity (Wildman–Crippen MR) is 111 cm³/mol. The van der Waals surface area contributed by atoms with Gasteiger partial charge in [-0.25, -0.2) is 8.78 Å². The number of aromatic nitrogens is 1. The number of carbonyl (C=O) groups is 2. The van der Waals surface area contributed by atoms with E-state index in [1.165, 1.54) is 12.4 Å². The van der Waals surface area contributed by atoms with Gasteiger partial charge in [-0.15, -0.1) is 0 Å². The molecule has 1 N–H and O–H groups in total. The minimum atomic E-state index is -1.11. The number of aliphatic hydroxyl groups excluding tert-OH is 1. The fraction of sp³-hybridized carbons (Fsp3) is 0.125. The van der Waals surface area contributed by atoms with Crippen molar-refractivity contribution in [3.8, 4) is 0 Å². The molecular formula is C24H18F2N2O3. The van der Waals surface area contributed by atoms with Crippen LogP contribution in [0.1, 0.15) is 28.3 Å². The van der Waals surface area contributed by atoms with E-state index in [1.807, 2.05) is 13.8 Å². The van der Waals surface area contributed by atoms with E-state index in [4.69, 9.17) is 0 Å². The Labute approximate surface area is 177 Å². The number of anilines is 1. The third-order valence-corrected chi connectivity index (χ3v) is 5.42. The normalized spacial score (nSPS) is 17.9. The van der Waals surface area contributed by atoms with Crippen LogP contribution in [0.25, 0.3) is 5.76 Å². The first-order chi connectivity index (χ1) is 14.8. The Morgan fingerprint density at radius 1 is 0.968 bits per heavy atom. The van der Waals surface area contributed by atoms with Gasteiger partial charge in [0.05, 0.1) is 17.3 Å². The third-order valence-electron chi connectivity index (χ3n) is 5.42. The molecular weight excluding hydrogens is 402 g/mol. The summed E-state index contributed by atoms with van der Waals surface area (Å²) in [7, 11) is 0. The summed E-state index contributed by atoms with van der Waals surface area (Å²) in [4.78, 5) is 30.8. The molecule has 7 heteroatoms. The molecule has 1 atom stereocenters. The Balaban J connectivity index is 1.97. The van der Waals surface area contributed by atoms with Gasteiger partial charge in [-0.3, -0.25) is 19.5 Å². The second kappa shape index (κ2) is 7.75. The lowest BCUT2D eigenvalue weighted by atomic mass is 9.94. The van der Waals surface area contributed by atoms with Crippen LogP contribution in [0.4, 0.5) is 14.5 Å². The van der Waals surface area contributed by atoms with Crippen molar-refractivity contribution in [1.29, 1.82) is 0 Å². The number of aryl methyl sites for hydroxylation is 2. The summed E-state index contributed by atoms with van der Waals surface area (Å²) in [5, 5.41) is 11.0. The first kappa shape index (κ1) is 20.4. The van der Waals surface area contributed by atoms with Crippen molar-refractivity contribution in [3.63, 3.8) is 0 Å². The summed E-state index contributed by atoms with van der Waals surface area (Å²) in [5.41, 5.74) is 2.26. The van der Waals surface area contributed by atoms with E-state index in [0.717, 1.165) is 28.2 Å². The lowest BCUT2D eigenvalue weighted by Gasteiger charge is -2.25. The predicted octanol–water partition coefficient (Wildman–Crippen LogP) is 4.60. The van der Waals surface area contributed by atoms with E-state index in [1.54, 1.807) is 30.3 Å². The number of benzene rings is 2. The Bertz CT molecular complexity index is 1240. The Morgan fingerprint density at radius 2 is 1.68 bits per heavy atom. The maximum Gasteiger partial charge on any atom is 0.300 e. The summed E-state index contributed by atoms with van der Waals surface area (Å²) in [6, 6.07) is 9.92. The van der Waals surface area contributed by atoms with Crippen LogP contribution in [0.2, 0.25) is 0 Å². The van der Waals surface area contributed by atoms with Gasteiger partial charge >= 0.3 is 0 Å². The molecule has 0 bridgehead atoms. The molecule has 156 valence electrons. The summed E-state index contributed by atoms with van der Waals surface area (Å²) in [5.74, 6) is -4.15. The highest BCUT2D eigenvalue weighted by atomic mass is 19.1. The molecule has 3 aromatic rings. The standard InChI is InChI=1S/C24H18F2N2O3/c1-13-3-4-16(11-14(13)2)22(29)20-21(15-7-9-27-10-8-15)28(24(31)23(20)30)19-6-5-17(25)12-18(19)26/h3-12,21,29H,1-2H3/b22-20+. The number of Topliss-reactive ketones (excluding diaryl/α,β-unsaturated/α-hetero) is 1. The number of carbonyl (C=O) groups excluding carboxylic acids is 2. The number of pyridine rings is 1. The molecule has 1 amide bonds. The molecule has 1 saturated heterocycles. The van der Waals surface area contributed by atoms with Crippen LogP contribution < -0.4 is 4.90 Å². The number of amides is 1. The molecule has 1 aliphatic rings. The highest BCUT2D eigenvalue weighted by Gasteiger charge is 2.47. The summed E-state index contributed by atoms with van der Waals surface area (Å²) >= 11 is 0. The number of nitrogens with zero attached hydrogens (tertiary/aromatic N) is 2. The Hall–Kier alpha value is -3.87. The number of hydrogen-bond donors (Lipinski definition) is 1. The lowest BCUT2D eigenvalue weighted by Crippen LogP contribution is -2.30. The molecule has 0 radical (unpaired) electrons. The maximum absolute atomic E-state index is 14.6. The van der Waals surface area contributed by atoms with Crippen LogP contribution in [0, 0.1) is 25.5 Å². The van der Waals surface area contributed by atoms with Gasteiger partial charge in [0.25, 0.3) is 11.7 Å². The number of ketones is 1. The van der Waals surface area contributed by atoms with Crippen LogP contribution in [0.15, 0.2) is 66.5 Å². The smallest absolute Gasteiger partial charge is 0.300 e. The molecule has 1 fully saturated rings. The minimum absolute atomic E-state index is 0.178. The van der Waals surface area contributed by atoms with E-state index in [2.05, 4.69) is 4.98 Å². The van der Waals surface area contributed by atoms with Crippen molar-refractivity contribution in [1.82, 2.24) is 4.98 Å². The van der Waals surface area contributed by atoms with Crippen molar-refractivity contribution < 1.29 is 23.5 Å². The number of aliphatic hydroxyl groups is 1. The van der Waals surface area contributed by atoms with Gasteiger partial charge in [0.2, 0.25) is 0 Å². The quantitative estimate of drug-likeness (QED) is 0.382. The Morgan fingerprint density at radius 3 is 2.32 bits per heavy atom. The van der Waals surface area contributed by atoms with Crippen molar-refractivity contribution >= 4 is 23.1 Å². The van der Waals surface area contributed by atoms with E-state index in [0.29, 0.717) is 17.2 Å². The summed E-state index contributed by atoms with van der Waals surface area (Å²) < 4.78 is 28.1. The van der Waals surface area contributed by atoms with Gasteiger partial charge in [-0.05, 0) is 60.9 Å². The zero-order valence-corrected chi connectivity index (χ0v) is 16.8. The average Bonchev–Trinajstić information content (AvgIpc) is 3.01. The molecule has 2 heterocycles. The van der Waals surface area contributed by atoms with E-state index >= 15 is 0 Å². The van der Waals surface area contributed by atoms with E-state index in [9.17, 15) is 23.5 Å². The van der Waals surface area contributed by atoms with Gasteiger partial charge in [0.1, 0.15) is 17.4 Å². The molecule has 1 aliphatic heterocycles. The largest absolute Gasteiger partial charge is 0.507 e. The highest BCUT2D eigenvalue weighted by molar-refractivity contribution is 6.51. The van der Waals surface area contributed by atoms with Gasteiger partial charge in [-0.1, -0.05) is 12.1 Å². The highest BCUT2D eigenvalue weighted by Crippen LogP contribution is 2.42. The lowest BCUT2D eigenvalue weighted by molar-refractivity contribution is -0.132. The van der Waals surface area contributed by atoms with Crippen LogP contribution in [0.5, 0.6) is 0 Å². The number of halogens is 2. The van der Waals surface area contributed by atoms with E-state index in [-0.39, 0.29) is 17.0 Å². The number of rotatable bonds is 3. The molecule has 5 nitrogen and oxygen atoms in total. The zero-order chi connectivity index (χ0) is 22.3.